The molecule has 10 heteroatoms. The summed E-state index contributed by atoms with van der Waals surface area (Å²) in [4.78, 5) is 42.0. The maximum atomic E-state index is 12.9. The molecule has 2 amide bonds. The summed E-state index contributed by atoms with van der Waals surface area (Å²) in [7, 11) is 0. The number of benzene rings is 2. The van der Waals surface area contributed by atoms with Crippen LogP contribution in [-0.4, -0.2) is 45.2 Å². The van der Waals surface area contributed by atoms with Crippen molar-refractivity contribution in [3.63, 3.8) is 0 Å². The number of amidine groups is 1. The minimum atomic E-state index is -0.610. The number of amides is 2. The maximum Gasteiger partial charge on any atom is 0.271 e. The van der Waals surface area contributed by atoms with E-state index in [9.17, 15) is 19.7 Å². The van der Waals surface area contributed by atoms with Crippen LogP contribution in [0.15, 0.2) is 53.5 Å². The molecule has 32 heavy (non-hydrogen) atoms. The van der Waals surface area contributed by atoms with E-state index in [1.54, 1.807) is 11.0 Å². The Balaban J connectivity index is 1.71. The van der Waals surface area contributed by atoms with Crippen molar-refractivity contribution in [2.45, 2.75) is 31.9 Å². The molecular formula is C22H24N4O5S. The first-order chi connectivity index (χ1) is 15.4. The van der Waals surface area contributed by atoms with Gasteiger partial charge >= 0.3 is 0 Å². The van der Waals surface area contributed by atoms with Gasteiger partial charge in [0.15, 0.2) is 5.17 Å². The molecule has 0 aromatic heterocycles. The van der Waals surface area contributed by atoms with Crippen molar-refractivity contribution < 1.29 is 19.2 Å². The summed E-state index contributed by atoms with van der Waals surface area (Å²) in [5, 5.41) is 13.5. The van der Waals surface area contributed by atoms with Crippen molar-refractivity contribution in [2.75, 3.05) is 18.5 Å². The number of nitro benzene ring substituents is 1. The molecular weight excluding hydrogens is 432 g/mol. The molecule has 9 nitrogen and oxygen atoms in total. The van der Waals surface area contributed by atoms with Crippen molar-refractivity contribution in [1.29, 1.82) is 0 Å². The van der Waals surface area contributed by atoms with E-state index < -0.39 is 16.1 Å². The second kappa shape index (κ2) is 10.8. The lowest BCUT2D eigenvalue weighted by molar-refractivity contribution is -0.384. The van der Waals surface area contributed by atoms with E-state index >= 15 is 0 Å². The zero-order valence-corrected chi connectivity index (χ0v) is 18.6. The Bertz CT molecular complexity index is 1030. The molecule has 2 aromatic rings. The van der Waals surface area contributed by atoms with Crippen molar-refractivity contribution in [1.82, 2.24) is 4.90 Å². The number of ether oxygens (including phenoxy) is 1. The molecule has 1 aliphatic rings. The van der Waals surface area contributed by atoms with Crippen LogP contribution in [0.4, 0.5) is 17.1 Å². The fourth-order valence-electron chi connectivity index (χ4n) is 3.13. The zero-order valence-electron chi connectivity index (χ0n) is 17.8. The summed E-state index contributed by atoms with van der Waals surface area (Å²) in [5.41, 5.74) is 0.882. The first kappa shape index (κ1) is 23.3. The molecule has 168 valence electrons. The first-order valence-electron chi connectivity index (χ1n) is 10.2. The van der Waals surface area contributed by atoms with Gasteiger partial charge in [-0.15, -0.1) is 0 Å². The number of nitro groups is 1. The summed E-state index contributed by atoms with van der Waals surface area (Å²) in [6.45, 7) is 4.95. The number of non-ortho nitro benzene ring substituents is 1. The number of thioether (sulfide) groups is 1. The van der Waals surface area contributed by atoms with E-state index in [0.717, 1.165) is 12.2 Å². The third-order valence-corrected chi connectivity index (χ3v) is 5.73. The number of rotatable bonds is 9. The highest BCUT2D eigenvalue weighted by molar-refractivity contribution is 8.15. The highest BCUT2D eigenvalue weighted by atomic mass is 32.2. The van der Waals surface area contributed by atoms with Gasteiger partial charge in [-0.25, -0.2) is 4.99 Å². The molecule has 1 saturated heterocycles. The fraction of sp³-hybridized carbons (Fsp3) is 0.318. The van der Waals surface area contributed by atoms with Gasteiger partial charge < -0.3 is 10.1 Å². The van der Waals surface area contributed by atoms with E-state index in [2.05, 4.69) is 10.3 Å². The van der Waals surface area contributed by atoms with Gasteiger partial charge in [-0.2, -0.15) is 0 Å². The van der Waals surface area contributed by atoms with E-state index in [1.165, 1.54) is 30.0 Å². The lowest BCUT2D eigenvalue weighted by atomic mass is 10.2. The molecule has 0 radical (unpaired) electrons. The van der Waals surface area contributed by atoms with Gasteiger partial charge in [-0.05, 0) is 43.7 Å². The van der Waals surface area contributed by atoms with Gasteiger partial charge in [-0.3, -0.25) is 24.6 Å². The molecule has 1 fully saturated rings. The number of carbonyl (C=O) groups is 2. The highest BCUT2D eigenvalue weighted by Gasteiger charge is 2.38. The summed E-state index contributed by atoms with van der Waals surface area (Å²) < 4.78 is 5.44. The monoisotopic (exact) mass is 456 g/mol. The van der Waals surface area contributed by atoms with Crippen molar-refractivity contribution in [3.05, 3.63) is 58.6 Å². The molecule has 3 rings (SSSR count). The molecule has 1 N–H and O–H groups in total. The van der Waals surface area contributed by atoms with Gasteiger partial charge in [0.1, 0.15) is 11.0 Å². The molecule has 1 atom stereocenters. The van der Waals surface area contributed by atoms with E-state index in [-0.39, 0.29) is 18.0 Å². The van der Waals surface area contributed by atoms with Crippen LogP contribution in [0, 0.1) is 10.1 Å². The lowest BCUT2D eigenvalue weighted by Crippen LogP contribution is -2.34. The van der Waals surface area contributed by atoms with Gasteiger partial charge in [-0.1, -0.05) is 24.8 Å². The topological polar surface area (TPSA) is 114 Å². The largest absolute Gasteiger partial charge is 0.494 e. The summed E-state index contributed by atoms with van der Waals surface area (Å²) in [6.07, 6.45) is 0.690. The Morgan fingerprint density at radius 3 is 2.66 bits per heavy atom. The van der Waals surface area contributed by atoms with E-state index in [0.29, 0.717) is 29.7 Å². The fourth-order valence-corrected chi connectivity index (χ4v) is 4.31. The number of aliphatic imine (C=N–C) groups is 1. The quantitative estimate of drug-likeness (QED) is 0.443. The summed E-state index contributed by atoms with van der Waals surface area (Å²) >= 11 is 1.25. The third-order valence-electron chi connectivity index (χ3n) is 4.55. The SMILES string of the molecule is CCCN1C(=O)C(CC(=O)Nc2cccc([N+](=O)[O-])c2)SC1=Nc1ccc(OCC)cc1. The van der Waals surface area contributed by atoms with E-state index in [4.69, 9.17) is 4.74 Å². The zero-order chi connectivity index (χ0) is 23.1. The predicted octanol–water partition coefficient (Wildman–Crippen LogP) is 4.36. The van der Waals surface area contributed by atoms with Crippen LogP contribution in [-0.2, 0) is 9.59 Å². The van der Waals surface area contributed by atoms with Crippen LogP contribution in [0.1, 0.15) is 26.7 Å². The van der Waals surface area contributed by atoms with E-state index in [1.807, 2.05) is 38.1 Å². The lowest BCUT2D eigenvalue weighted by Gasteiger charge is -2.15. The molecule has 1 heterocycles. The maximum absolute atomic E-state index is 12.9. The molecule has 1 aliphatic heterocycles. The van der Waals surface area contributed by atoms with Crippen LogP contribution in [0.3, 0.4) is 0 Å². The Labute approximate surface area is 190 Å². The Hall–Kier alpha value is -3.40. The van der Waals surface area contributed by atoms with Crippen molar-refractivity contribution in [3.8, 4) is 5.75 Å². The number of anilines is 1. The third kappa shape index (κ3) is 5.85. The Morgan fingerprint density at radius 2 is 2.00 bits per heavy atom. The average molecular weight is 457 g/mol. The molecule has 0 spiro atoms. The van der Waals surface area contributed by atoms with Crippen LogP contribution >= 0.6 is 11.8 Å². The van der Waals surface area contributed by atoms with Crippen LogP contribution in [0.5, 0.6) is 5.75 Å². The normalized spacial score (nSPS) is 16.9. The van der Waals surface area contributed by atoms with Crippen LogP contribution < -0.4 is 10.1 Å². The van der Waals surface area contributed by atoms with Crippen molar-refractivity contribution in [2.24, 2.45) is 4.99 Å². The van der Waals surface area contributed by atoms with Gasteiger partial charge in [0, 0.05) is 30.8 Å². The molecule has 0 bridgehead atoms. The van der Waals surface area contributed by atoms with Gasteiger partial charge in [0.2, 0.25) is 11.8 Å². The van der Waals surface area contributed by atoms with Crippen LogP contribution in [0.25, 0.3) is 0 Å². The first-order valence-corrected chi connectivity index (χ1v) is 11.1. The predicted molar refractivity (Wildman–Crippen MR) is 124 cm³/mol. The number of nitrogens with one attached hydrogen (secondary N) is 1. The Kier molecular flexibility index (Phi) is 7.82. The average Bonchev–Trinajstić information content (AvgIpc) is 3.04. The summed E-state index contributed by atoms with van der Waals surface area (Å²) in [5.74, 6) is 0.179. The molecule has 2 aromatic carbocycles. The second-order valence-corrected chi connectivity index (χ2v) is 8.15. The van der Waals surface area contributed by atoms with Gasteiger partial charge in [0.05, 0.1) is 17.2 Å². The minimum absolute atomic E-state index is 0.0608. The smallest absolute Gasteiger partial charge is 0.271 e. The molecule has 1 unspecified atom stereocenters. The number of carbonyl (C=O) groups excluding carboxylic acids is 2. The van der Waals surface area contributed by atoms with Gasteiger partial charge in [0.25, 0.3) is 5.69 Å². The summed E-state index contributed by atoms with van der Waals surface area (Å²) in [6, 6.07) is 13.0. The Morgan fingerprint density at radius 1 is 1.25 bits per heavy atom. The second-order valence-electron chi connectivity index (χ2n) is 6.98. The minimum Gasteiger partial charge on any atom is -0.494 e. The molecule has 0 aliphatic carbocycles. The highest BCUT2D eigenvalue weighted by Crippen LogP contribution is 2.32. The van der Waals surface area contributed by atoms with Crippen molar-refractivity contribution >= 4 is 45.8 Å². The number of hydrogen-bond acceptors (Lipinski definition) is 7. The number of hydrogen-bond donors (Lipinski definition) is 1. The standard InChI is InChI=1S/C22H24N4O5S/c1-3-12-25-21(28)19(14-20(27)23-16-6-5-7-17(13-16)26(29)30)32-22(25)24-15-8-10-18(11-9-15)31-4-2/h5-11,13,19H,3-4,12,14H2,1-2H3,(H,23,27). The molecule has 0 saturated carbocycles. The number of nitrogens with zero attached hydrogens (tertiary/aromatic N) is 3. The van der Waals surface area contributed by atoms with Crippen LogP contribution in [0.2, 0.25) is 0 Å².